The van der Waals surface area contributed by atoms with Crippen LogP contribution in [0.5, 0.6) is 0 Å². The fourth-order valence-corrected chi connectivity index (χ4v) is 4.74. The number of alkyl halides is 3. The van der Waals surface area contributed by atoms with Crippen molar-refractivity contribution >= 4 is 51.5 Å². The number of nitrogens with one attached hydrogen (secondary N) is 1. The second-order valence-corrected chi connectivity index (χ2v) is 9.73. The van der Waals surface area contributed by atoms with Crippen LogP contribution in [0.25, 0.3) is 17.0 Å². The summed E-state index contributed by atoms with van der Waals surface area (Å²) in [7, 11) is 2.17. The molecule has 2 aliphatic heterocycles. The van der Waals surface area contributed by atoms with Crippen LogP contribution in [0.1, 0.15) is 29.5 Å². The van der Waals surface area contributed by atoms with Crippen LogP contribution in [0.4, 0.5) is 18.0 Å². The predicted octanol–water partition coefficient (Wildman–Crippen LogP) is 6.59. The number of likely N-dealkylation sites (tertiary alicyclic amines) is 1. The average molecular weight is 551 g/mol. The van der Waals surface area contributed by atoms with Gasteiger partial charge in [-0.25, -0.2) is 0 Å². The molecule has 6 nitrogen and oxygen atoms in total. The van der Waals surface area contributed by atoms with E-state index in [9.17, 15) is 22.8 Å². The number of carbonyl (C=O) groups excluding carboxylic acids is 2. The fourth-order valence-electron chi connectivity index (χ4n) is 3.88. The maximum absolute atomic E-state index is 13.3. The molecule has 0 saturated carbocycles. The molecule has 0 aliphatic carbocycles. The third-order valence-corrected chi connectivity index (χ3v) is 6.68. The first-order chi connectivity index (χ1) is 17.6. The normalized spacial score (nSPS) is 16.8. The van der Waals surface area contributed by atoms with Crippen molar-refractivity contribution in [2.45, 2.75) is 25.6 Å². The molecule has 0 unspecified atom stereocenters. The summed E-state index contributed by atoms with van der Waals surface area (Å²) in [6, 6.07) is 8.81. The van der Waals surface area contributed by atoms with Crippen molar-refractivity contribution in [3.63, 3.8) is 0 Å². The number of halogens is 4. The Bertz CT molecular complexity index is 1320. The van der Waals surface area contributed by atoms with E-state index in [1.165, 1.54) is 48.9 Å². The van der Waals surface area contributed by atoms with Crippen molar-refractivity contribution < 1.29 is 22.8 Å². The van der Waals surface area contributed by atoms with E-state index in [1.807, 2.05) is 0 Å². The van der Waals surface area contributed by atoms with Crippen LogP contribution in [0.15, 0.2) is 60.7 Å². The van der Waals surface area contributed by atoms with Crippen LogP contribution >= 0.6 is 23.4 Å². The molecule has 2 fully saturated rings. The molecule has 0 radical (unpaired) electrons. The average Bonchev–Trinajstić information content (AvgIpc) is 3.57. The number of imide groups is 1. The lowest BCUT2D eigenvalue weighted by Crippen LogP contribution is -2.17. The molecule has 3 heterocycles. The van der Waals surface area contributed by atoms with Gasteiger partial charge in [0.15, 0.2) is 0 Å². The third kappa shape index (κ3) is 7.47. The third-order valence-electron chi connectivity index (χ3n) is 5.63. The number of benzene rings is 2. The van der Waals surface area contributed by atoms with E-state index in [4.69, 9.17) is 11.6 Å². The van der Waals surface area contributed by atoms with Gasteiger partial charge in [0.2, 0.25) is 0 Å². The number of carbonyl (C=O) groups is 2. The molecule has 3 aromatic rings. The van der Waals surface area contributed by atoms with Crippen molar-refractivity contribution in [3.05, 3.63) is 82.4 Å². The first-order valence-electron chi connectivity index (χ1n) is 11.3. The van der Waals surface area contributed by atoms with Gasteiger partial charge in [0, 0.05) is 10.4 Å². The highest BCUT2D eigenvalue weighted by atomic mass is 35.5. The monoisotopic (exact) mass is 550 g/mol. The first-order valence-corrected chi connectivity index (χ1v) is 12.5. The van der Waals surface area contributed by atoms with Gasteiger partial charge in [-0.3, -0.25) is 19.6 Å². The predicted molar refractivity (Wildman–Crippen MR) is 142 cm³/mol. The zero-order chi connectivity index (χ0) is 27.2. The fraction of sp³-hybridized carbons (Fsp3) is 0.269. The highest BCUT2D eigenvalue weighted by Crippen LogP contribution is 2.34. The lowest BCUT2D eigenvalue weighted by atomic mass is 10.1. The summed E-state index contributed by atoms with van der Waals surface area (Å²) >= 11 is 6.54. The van der Waals surface area contributed by atoms with Gasteiger partial charge in [0.25, 0.3) is 11.1 Å². The van der Waals surface area contributed by atoms with Gasteiger partial charge in [-0.05, 0) is 86.2 Å². The van der Waals surface area contributed by atoms with E-state index in [0.29, 0.717) is 16.5 Å². The van der Waals surface area contributed by atoms with Crippen LogP contribution in [0, 0.1) is 0 Å². The number of rotatable bonds is 3. The van der Waals surface area contributed by atoms with Crippen molar-refractivity contribution in [1.82, 2.24) is 20.0 Å². The Morgan fingerprint density at radius 3 is 2.41 bits per heavy atom. The lowest BCUT2D eigenvalue weighted by molar-refractivity contribution is -0.138. The molecular formula is C26H26ClF3N4O2S. The lowest BCUT2D eigenvalue weighted by Gasteiger charge is -2.14. The van der Waals surface area contributed by atoms with E-state index in [0.717, 1.165) is 17.8 Å². The second kappa shape index (κ2) is 12.4. The number of hydrogen-bond donors (Lipinski definition) is 1. The Kier molecular flexibility index (Phi) is 9.58. The quantitative estimate of drug-likeness (QED) is 0.294. The minimum Gasteiger partial charge on any atom is -0.306 e. The summed E-state index contributed by atoms with van der Waals surface area (Å²) < 4.78 is 41.4. The molecular weight excluding hydrogens is 525 g/mol. The molecule has 0 spiro atoms. The summed E-state index contributed by atoms with van der Waals surface area (Å²) in [5.74, 6) is -0.460. The second-order valence-electron chi connectivity index (χ2n) is 8.28. The Balaban J connectivity index is 0.000000412. The minimum absolute atomic E-state index is 0.0105. The summed E-state index contributed by atoms with van der Waals surface area (Å²) in [5.41, 5.74) is 0.557. The SMILES string of the molecule is C=C.CN1CCCC1.O=C1NC(=O)/C(=C/c2ccc3c(cnn3Cc3ccc(Cl)cc3C(F)(F)F)c2)S1. The number of nitrogens with zero attached hydrogens (tertiary/aromatic N) is 3. The number of aromatic nitrogens is 2. The van der Waals surface area contributed by atoms with Gasteiger partial charge in [-0.15, -0.1) is 13.2 Å². The van der Waals surface area contributed by atoms with E-state index in [2.05, 4.69) is 35.5 Å². The highest BCUT2D eigenvalue weighted by molar-refractivity contribution is 8.18. The first kappa shape index (κ1) is 28.5. The standard InChI is InChI=1S/C19H11ClF3N3O2S.C5H11N.C2H4/c20-13-3-2-11(14(7-13)19(21,22)23)9-26-15-4-1-10(5-12(15)8-24-26)6-16-17(27)25-18(28)29-16;1-6-4-2-3-5-6;1-2/h1-8H,9H2,(H,25,27,28);2-5H2,1H3;1-2H2/b16-6-;;. The molecule has 1 N–H and O–H groups in total. The van der Waals surface area contributed by atoms with Crippen LogP contribution in [-0.2, 0) is 17.5 Å². The van der Waals surface area contributed by atoms with Gasteiger partial charge < -0.3 is 4.90 Å². The highest BCUT2D eigenvalue weighted by Gasteiger charge is 2.33. The Morgan fingerprint density at radius 2 is 1.84 bits per heavy atom. The summed E-state index contributed by atoms with van der Waals surface area (Å²) in [5, 5.41) is 6.64. The van der Waals surface area contributed by atoms with Crippen molar-refractivity contribution in [3.8, 4) is 0 Å². The summed E-state index contributed by atoms with van der Waals surface area (Å²) in [6.45, 7) is 8.56. The molecule has 1 aromatic heterocycles. The van der Waals surface area contributed by atoms with Crippen LogP contribution < -0.4 is 5.32 Å². The topological polar surface area (TPSA) is 67.2 Å². The van der Waals surface area contributed by atoms with Gasteiger partial charge in [-0.2, -0.15) is 18.3 Å². The largest absolute Gasteiger partial charge is 0.416 e. The maximum atomic E-state index is 13.3. The van der Waals surface area contributed by atoms with Crippen molar-refractivity contribution in [2.75, 3.05) is 20.1 Å². The molecule has 196 valence electrons. The molecule has 2 amide bonds. The smallest absolute Gasteiger partial charge is 0.306 e. The van der Waals surface area contributed by atoms with Gasteiger partial charge in [-0.1, -0.05) is 23.7 Å². The maximum Gasteiger partial charge on any atom is 0.416 e. The molecule has 0 atom stereocenters. The molecule has 2 aliphatic rings. The molecule has 2 aromatic carbocycles. The van der Waals surface area contributed by atoms with Crippen molar-refractivity contribution in [2.24, 2.45) is 0 Å². The molecule has 2 saturated heterocycles. The van der Waals surface area contributed by atoms with Gasteiger partial charge >= 0.3 is 6.18 Å². The molecule has 5 rings (SSSR count). The van der Waals surface area contributed by atoms with Crippen molar-refractivity contribution in [1.29, 1.82) is 0 Å². The molecule has 37 heavy (non-hydrogen) atoms. The number of hydrogen-bond acceptors (Lipinski definition) is 5. The van der Waals surface area contributed by atoms with E-state index < -0.39 is 22.9 Å². The van der Waals surface area contributed by atoms with E-state index >= 15 is 0 Å². The number of thioether (sulfide) groups is 1. The Labute approximate surface area is 222 Å². The number of amides is 2. The van der Waals surface area contributed by atoms with E-state index in [1.54, 1.807) is 24.3 Å². The number of fused-ring (bicyclic) bond motifs is 1. The summed E-state index contributed by atoms with van der Waals surface area (Å²) in [6.07, 6.45) is 1.41. The van der Waals surface area contributed by atoms with Crippen LogP contribution in [0.3, 0.4) is 0 Å². The Hall–Kier alpha value is -3.08. The minimum atomic E-state index is -4.53. The van der Waals surface area contributed by atoms with Gasteiger partial charge in [0.05, 0.1) is 28.7 Å². The molecule has 11 heteroatoms. The molecule has 0 bridgehead atoms. The van der Waals surface area contributed by atoms with Crippen LogP contribution in [-0.4, -0.2) is 46.0 Å². The zero-order valence-electron chi connectivity index (χ0n) is 20.1. The summed E-state index contributed by atoms with van der Waals surface area (Å²) in [4.78, 5) is 25.5. The zero-order valence-corrected chi connectivity index (χ0v) is 21.7. The van der Waals surface area contributed by atoms with Gasteiger partial charge in [0.1, 0.15) is 0 Å². The Morgan fingerprint density at radius 1 is 1.14 bits per heavy atom. The van der Waals surface area contributed by atoms with Crippen LogP contribution in [0.2, 0.25) is 5.02 Å². The van der Waals surface area contributed by atoms with E-state index in [-0.39, 0.29) is 22.0 Å².